The van der Waals surface area contributed by atoms with Crippen molar-refractivity contribution in [2.24, 2.45) is 0 Å². The Morgan fingerprint density at radius 2 is 1.90 bits per heavy atom. The van der Waals surface area contributed by atoms with Gasteiger partial charge in [0.2, 0.25) is 0 Å². The summed E-state index contributed by atoms with van der Waals surface area (Å²) in [6, 6.07) is 3.87. The molecule has 0 radical (unpaired) electrons. The summed E-state index contributed by atoms with van der Waals surface area (Å²) >= 11 is 0. The van der Waals surface area contributed by atoms with Crippen molar-refractivity contribution in [3.63, 3.8) is 0 Å². The first kappa shape index (κ1) is 13.3. The van der Waals surface area contributed by atoms with Crippen molar-refractivity contribution < 1.29 is 23.8 Å². The standard InChI is InChI=1S/C14H16FNO4/c15-10-1-2-12(11(9-10)13(17)18)16-5-3-14(4-6-16)19-7-8-20-14/h1-2,9H,3-8H2,(H,17,18). The fourth-order valence-electron chi connectivity index (χ4n) is 2.83. The predicted octanol–water partition coefficient (Wildman–Crippen LogP) is 1.87. The average Bonchev–Trinajstić information content (AvgIpc) is 2.88. The van der Waals surface area contributed by atoms with Crippen LogP contribution < -0.4 is 4.90 Å². The van der Waals surface area contributed by atoms with Gasteiger partial charge in [-0.2, -0.15) is 0 Å². The molecule has 2 aliphatic rings. The molecule has 108 valence electrons. The van der Waals surface area contributed by atoms with Gasteiger partial charge in [-0.25, -0.2) is 9.18 Å². The van der Waals surface area contributed by atoms with E-state index < -0.39 is 17.6 Å². The lowest BCUT2D eigenvalue weighted by Crippen LogP contribution is -2.45. The molecule has 2 heterocycles. The van der Waals surface area contributed by atoms with Crippen molar-refractivity contribution in [1.29, 1.82) is 0 Å². The normalized spacial score (nSPS) is 21.4. The Hall–Kier alpha value is -1.66. The number of halogens is 1. The van der Waals surface area contributed by atoms with Crippen LogP contribution in [0.2, 0.25) is 0 Å². The largest absolute Gasteiger partial charge is 0.478 e. The summed E-state index contributed by atoms with van der Waals surface area (Å²) in [7, 11) is 0. The van der Waals surface area contributed by atoms with Crippen molar-refractivity contribution in [1.82, 2.24) is 0 Å². The Kier molecular flexibility index (Phi) is 3.35. The first-order chi connectivity index (χ1) is 9.60. The summed E-state index contributed by atoms with van der Waals surface area (Å²) < 4.78 is 24.5. The van der Waals surface area contributed by atoms with Crippen LogP contribution in [0.4, 0.5) is 10.1 Å². The third-order valence-corrected chi connectivity index (χ3v) is 3.87. The lowest BCUT2D eigenvalue weighted by Gasteiger charge is -2.39. The number of aromatic carboxylic acids is 1. The number of carbonyl (C=O) groups is 1. The molecule has 2 aliphatic heterocycles. The highest BCUT2D eigenvalue weighted by molar-refractivity contribution is 5.94. The maximum Gasteiger partial charge on any atom is 0.337 e. The highest BCUT2D eigenvalue weighted by atomic mass is 19.1. The van der Waals surface area contributed by atoms with E-state index in [0.717, 1.165) is 6.07 Å². The molecule has 6 heteroatoms. The van der Waals surface area contributed by atoms with Crippen molar-refractivity contribution in [3.05, 3.63) is 29.6 Å². The molecule has 5 nitrogen and oxygen atoms in total. The Bertz CT molecular complexity index is 518. The van der Waals surface area contributed by atoms with Crippen LogP contribution in [0.25, 0.3) is 0 Å². The zero-order chi connectivity index (χ0) is 14.2. The van der Waals surface area contributed by atoms with E-state index in [1.807, 2.05) is 4.90 Å². The predicted molar refractivity (Wildman–Crippen MR) is 69.4 cm³/mol. The van der Waals surface area contributed by atoms with Gasteiger partial charge in [0.15, 0.2) is 5.79 Å². The minimum atomic E-state index is -1.12. The van der Waals surface area contributed by atoms with Crippen LogP contribution in [0.1, 0.15) is 23.2 Å². The van der Waals surface area contributed by atoms with Crippen LogP contribution in [0.3, 0.4) is 0 Å². The first-order valence-corrected chi connectivity index (χ1v) is 6.65. The van der Waals surface area contributed by atoms with Gasteiger partial charge in [0.25, 0.3) is 0 Å². The fraction of sp³-hybridized carbons (Fsp3) is 0.500. The van der Waals surface area contributed by atoms with E-state index >= 15 is 0 Å². The number of hydrogen-bond acceptors (Lipinski definition) is 4. The summed E-state index contributed by atoms with van der Waals surface area (Å²) in [5.41, 5.74) is 0.543. The number of hydrogen-bond donors (Lipinski definition) is 1. The number of anilines is 1. The van der Waals surface area contributed by atoms with Crippen molar-refractivity contribution >= 4 is 11.7 Å². The zero-order valence-electron chi connectivity index (χ0n) is 11.0. The van der Waals surface area contributed by atoms with E-state index in [4.69, 9.17) is 9.47 Å². The van der Waals surface area contributed by atoms with Gasteiger partial charge in [-0.05, 0) is 18.2 Å². The van der Waals surface area contributed by atoms with E-state index in [1.54, 1.807) is 0 Å². The van der Waals surface area contributed by atoms with Crippen LogP contribution in [0.5, 0.6) is 0 Å². The van der Waals surface area contributed by atoms with E-state index in [2.05, 4.69) is 0 Å². The number of nitrogens with zero attached hydrogens (tertiary/aromatic N) is 1. The SMILES string of the molecule is O=C(O)c1cc(F)ccc1N1CCC2(CC1)OCCO2. The van der Waals surface area contributed by atoms with Crippen LogP contribution in [-0.2, 0) is 9.47 Å². The van der Waals surface area contributed by atoms with Gasteiger partial charge in [0.05, 0.1) is 24.5 Å². The van der Waals surface area contributed by atoms with Crippen LogP contribution in [0, 0.1) is 5.82 Å². The number of rotatable bonds is 2. The second kappa shape index (κ2) is 5.03. The number of carboxylic acids is 1. The maximum absolute atomic E-state index is 13.2. The van der Waals surface area contributed by atoms with Gasteiger partial charge in [0.1, 0.15) is 5.82 Å². The van der Waals surface area contributed by atoms with Gasteiger partial charge < -0.3 is 19.5 Å². The maximum atomic E-state index is 13.2. The quantitative estimate of drug-likeness (QED) is 0.896. The Morgan fingerprint density at radius 1 is 1.25 bits per heavy atom. The topological polar surface area (TPSA) is 59.0 Å². The zero-order valence-corrected chi connectivity index (χ0v) is 11.0. The molecule has 2 fully saturated rings. The second-order valence-electron chi connectivity index (χ2n) is 5.06. The van der Waals surface area contributed by atoms with Gasteiger partial charge >= 0.3 is 5.97 Å². The molecule has 0 bridgehead atoms. The number of carboxylic acid groups (broad SMARTS) is 1. The lowest BCUT2D eigenvalue weighted by molar-refractivity contribution is -0.169. The summed E-state index contributed by atoms with van der Waals surface area (Å²) in [5.74, 6) is -2.16. The smallest absolute Gasteiger partial charge is 0.337 e. The molecule has 1 spiro atoms. The second-order valence-corrected chi connectivity index (χ2v) is 5.06. The molecular weight excluding hydrogens is 265 g/mol. The molecular formula is C14H16FNO4. The molecule has 0 atom stereocenters. The number of benzene rings is 1. The first-order valence-electron chi connectivity index (χ1n) is 6.65. The lowest BCUT2D eigenvalue weighted by atomic mass is 10.0. The van der Waals surface area contributed by atoms with Gasteiger partial charge in [-0.3, -0.25) is 0 Å². The molecule has 0 aliphatic carbocycles. The third kappa shape index (κ3) is 2.36. The molecule has 0 amide bonds. The molecule has 2 saturated heterocycles. The van der Waals surface area contributed by atoms with E-state index in [0.29, 0.717) is 44.8 Å². The van der Waals surface area contributed by atoms with Crippen LogP contribution in [0.15, 0.2) is 18.2 Å². The molecule has 1 N–H and O–H groups in total. The number of ether oxygens (including phenoxy) is 2. The van der Waals surface area contributed by atoms with Gasteiger partial charge in [-0.15, -0.1) is 0 Å². The summed E-state index contributed by atoms with van der Waals surface area (Å²) in [4.78, 5) is 13.2. The molecule has 0 unspecified atom stereocenters. The van der Waals surface area contributed by atoms with Crippen LogP contribution >= 0.6 is 0 Å². The molecule has 0 aromatic heterocycles. The molecule has 1 aromatic carbocycles. The van der Waals surface area contributed by atoms with E-state index in [1.165, 1.54) is 12.1 Å². The van der Waals surface area contributed by atoms with Gasteiger partial charge in [0, 0.05) is 25.9 Å². The Labute approximate surface area is 115 Å². The third-order valence-electron chi connectivity index (χ3n) is 3.87. The molecule has 1 aromatic rings. The monoisotopic (exact) mass is 281 g/mol. The summed E-state index contributed by atoms with van der Waals surface area (Å²) in [6.07, 6.45) is 1.37. The minimum Gasteiger partial charge on any atom is -0.478 e. The van der Waals surface area contributed by atoms with Gasteiger partial charge in [-0.1, -0.05) is 0 Å². The van der Waals surface area contributed by atoms with Crippen molar-refractivity contribution in [3.8, 4) is 0 Å². The highest BCUT2D eigenvalue weighted by Gasteiger charge is 2.40. The van der Waals surface area contributed by atoms with Crippen LogP contribution in [-0.4, -0.2) is 43.2 Å². The number of piperidine rings is 1. The molecule has 3 rings (SSSR count). The van der Waals surface area contributed by atoms with E-state index in [9.17, 15) is 14.3 Å². The fourth-order valence-corrected chi connectivity index (χ4v) is 2.83. The Morgan fingerprint density at radius 3 is 2.50 bits per heavy atom. The van der Waals surface area contributed by atoms with Crippen molar-refractivity contribution in [2.75, 3.05) is 31.2 Å². The highest BCUT2D eigenvalue weighted by Crippen LogP contribution is 2.34. The molecule has 20 heavy (non-hydrogen) atoms. The summed E-state index contributed by atoms with van der Waals surface area (Å²) in [5, 5.41) is 9.18. The summed E-state index contributed by atoms with van der Waals surface area (Å²) in [6.45, 7) is 2.48. The van der Waals surface area contributed by atoms with E-state index in [-0.39, 0.29) is 5.56 Å². The molecule has 0 saturated carbocycles. The Balaban J connectivity index is 1.79. The average molecular weight is 281 g/mol. The minimum absolute atomic E-state index is 0.00536. The van der Waals surface area contributed by atoms with Crippen molar-refractivity contribution in [2.45, 2.75) is 18.6 Å².